The van der Waals surface area contributed by atoms with Crippen LogP contribution in [0.25, 0.3) is 0 Å². The number of aromatic nitrogens is 1. The lowest BCUT2D eigenvalue weighted by Crippen LogP contribution is -2.42. The van der Waals surface area contributed by atoms with Crippen molar-refractivity contribution in [1.82, 2.24) is 15.6 Å². The number of amides is 2. The van der Waals surface area contributed by atoms with E-state index in [1.165, 1.54) is 12.1 Å². The molecule has 1 aliphatic carbocycles. The van der Waals surface area contributed by atoms with Crippen LogP contribution >= 0.6 is 0 Å². The van der Waals surface area contributed by atoms with Gasteiger partial charge < -0.3 is 26.4 Å². The fourth-order valence-corrected chi connectivity index (χ4v) is 4.68. The number of nitrogens with one attached hydrogen (secondary N) is 4. The molecular formula is C20H23N5O5S. The summed E-state index contributed by atoms with van der Waals surface area (Å²) in [5.74, 6) is 0.560. The maximum absolute atomic E-state index is 12.3. The van der Waals surface area contributed by atoms with Crippen LogP contribution in [0.4, 0.5) is 22.1 Å². The molecule has 1 fully saturated rings. The topological polar surface area (TPSA) is 150 Å². The van der Waals surface area contributed by atoms with E-state index in [1.807, 2.05) is 0 Å². The van der Waals surface area contributed by atoms with Gasteiger partial charge >= 0.3 is 6.09 Å². The SMILES string of the molecule is CS(=O)(=O)c1cccc(Nc2nc(NC3CCCC3NC(=O)O)cc3c2C(=O)NC3)c1. The summed E-state index contributed by atoms with van der Waals surface area (Å²) in [4.78, 5) is 28.1. The summed E-state index contributed by atoms with van der Waals surface area (Å²) < 4.78 is 23.7. The van der Waals surface area contributed by atoms with Gasteiger partial charge in [-0.2, -0.15) is 0 Å². The van der Waals surface area contributed by atoms with Crippen LogP contribution in [-0.2, 0) is 16.4 Å². The summed E-state index contributed by atoms with van der Waals surface area (Å²) in [6.07, 6.45) is 2.47. The van der Waals surface area contributed by atoms with Crippen molar-refractivity contribution in [2.45, 2.75) is 42.8 Å². The lowest BCUT2D eigenvalue weighted by molar-refractivity contribution is 0.0966. The zero-order chi connectivity index (χ0) is 22.2. The van der Waals surface area contributed by atoms with E-state index < -0.39 is 15.9 Å². The van der Waals surface area contributed by atoms with Crippen molar-refractivity contribution in [1.29, 1.82) is 0 Å². The molecule has 1 aromatic heterocycles. The van der Waals surface area contributed by atoms with Crippen LogP contribution in [-0.4, -0.2) is 48.8 Å². The van der Waals surface area contributed by atoms with E-state index in [1.54, 1.807) is 18.2 Å². The van der Waals surface area contributed by atoms with E-state index in [-0.39, 0.29) is 22.9 Å². The third kappa shape index (κ3) is 4.55. The Balaban J connectivity index is 1.64. The third-order valence-electron chi connectivity index (χ3n) is 5.45. The molecule has 2 heterocycles. The van der Waals surface area contributed by atoms with Gasteiger partial charge in [-0.1, -0.05) is 6.07 Å². The minimum atomic E-state index is -3.39. The molecule has 0 spiro atoms. The summed E-state index contributed by atoms with van der Waals surface area (Å²) in [6, 6.07) is 7.73. The molecule has 4 rings (SSSR count). The fraction of sp³-hybridized carbons (Fsp3) is 0.350. The molecular weight excluding hydrogens is 422 g/mol. The number of pyridine rings is 1. The van der Waals surface area contributed by atoms with Crippen LogP contribution in [0.2, 0.25) is 0 Å². The van der Waals surface area contributed by atoms with Crippen LogP contribution in [0, 0.1) is 0 Å². The van der Waals surface area contributed by atoms with E-state index >= 15 is 0 Å². The number of carbonyl (C=O) groups is 2. The van der Waals surface area contributed by atoms with E-state index in [9.17, 15) is 18.0 Å². The summed E-state index contributed by atoms with van der Waals surface area (Å²) in [6.45, 7) is 0.352. The normalized spacial score (nSPS) is 20.1. The molecule has 164 valence electrons. The Labute approximate surface area is 179 Å². The second-order valence-corrected chi connectivity index (χ2v) is 9.75. The van der Waals surface area contributed by atoms with Crippen molar-refractivity contribution in [2.24, 2.45) is 0 Å². The predicted octanol–water partition coefficient (Wildman–Crippen LogP) is 2.07. The van der Waals surface area contributed by atoms with E-state index in [0.717, 1.165) is 31.1 Å². The first-order valence-corrected chi connectivity index (χ1v) is 11.7. The van der Waals surface area contributed by atoms with Crippen LogP contribution in [0.5, 0.6) is 0 Å². The highest BCUT2D eigenvalue weighted by Gasteiger charge is 2.30. The highest BCUT2D eigenvalue weighted by atomic mass is 32.2. The molecule has 2 amide bonds. The predicted molar refractivity (Wildman–Crippen MR) is 114 cm³/mol. The minimum absolute atomic E-state index is 0.117. The smallest absolute Gasteiger partial charge is 0.404 e. The zero-order valence-electron chi connectivity index (χ0n) is 16.8. The van der Waals surface area contributed by atoms with E-state index in [0.29, 0.717) is 29.4 Å². The molecule has 0 bridgehead atoms. The first kappa shape index (κ1) is 20.9. The zero-order valence-corrected chi connectivity index (χ0v) is 17.6. The molecule has 2 aliphatic rings. The number of hydrogen-bond acceptors (Lipinski definition) is 7. The highest BCUT2D eigenvalue weighted by molar-refractivity contribution is 7.90. The third-order valence-corrected chi connectivity index (χ3v) is 6.56. The van der Waals surface area contributed by atoms with Crippen molar-refractivity contribution in [3.63, 3.8) is 0 Å². The van der Waals surface area contributed by atoms with Gasteiger partial charge in [0.05, 0.1) is 16.5 Å². The first-order valence-electron chi connectivity index (χ1n) is 9.86. The average molecular weight is 446 g/mol. The molecule has 1 aliphatic heterocycles. The van der Waals surface area contributed by atoms with Gasteiger partial charge in [-0.05, 0) is 49.1 Å². The maximum Gasteiger partial charge on any atom is 0.404 e. The van der Waals surface area contributed by atoms with Crippen LogP contribution in [0.15, 0.2) is 35.2 Å². The second-order valence-electron chi connectivity index (χ2n) is 7.74. The molecule has 5 N–H and O–H groups in total. The van der Waals surface area contributed by atoms with Crippen LogP contribution in [0.1, 0.15) is 35.2 Å². The monoisotopic (exact) mass is 445 g/mol. The number of carboxylic acid groups (broad SMARTS) is 1. The highest BCUT2D eigenvalue weighted by Crippen LogP contribution is 2.30. The number of anilines is 3. The number of nitrogens with zero attached hydrogens (tertiary/aromatic N) is 1. The largest absolute Gasteiger partial charge is 0.465 e. The Morgan fingerprint density at radius 2 is 2.00 bits per heavy atom. The quantitative estimate of drug-likeness (QED) is 0.454. The van der Waals surface area contributed by atoms with Gasteiger partial charge in [0.1, 0.15) is 11.6 Å². The standard InChI is InChI=1S/C20H23N5O5S/c1-31(29,30)13-5-2-4-12(9-13)22-18-17-11(10-21-19(17)26)8-16(25-18)23-14-6-3-7-15(14)24-20(27)28/h2,4-5,8-9,14-15,24H,3,6-7,10H2,1H3,(H,21,26)(H,27,28)(H2,22,23,25). The second kappa shape index (κ2) is 8.06. The summed E-state index contributed by atoms with van der Waals surface area (Å²) in [5, 5.41) is 20.7. The lowest BCUT2D eigenvalue weighted by Gasteiger charge is -2.22. The number of carbonyl (C=O) groups excluding carboxylic acids is 1. The van der Waals surface area contributed by atoms with Gasteiger partial charge in [0.25, 0.3) is 5.91 Å². The Morgan fingerprint density at radius 1 is 1.23 bits per heavy atom. The molecule has 11 heteroatoms. The Morgan fingerprint density at radius 3 is 2.74 bits per heavy atom. The van der Waals surface area contributed by atoms with Crippen molar-refractivity contribution >= 4 is 39.2 Å². The van der Waals surface area contributed by atoms with Gasteiger partial charge in [0, 0.05) is 24.5 Å². The van der Waals surface area contributed by atoms with Gasteiger partial charge in [0.2, 0.25) is 0 Å². The Hall–Kier alpha value is -3.34. The molecule has 0 radical (unpaired) electrons. The van der Waals surface area contributed by atoms with Gasteiger partial charge in [0.15, 0.2) is 9.84 Å². The molecule has 10 nitrogen and oxygen atoms in total. The molecule has 0 saturated heterocycles. The number of hydrogen-bond donors (Lipinski definition) is 5. The van der Waals surface area contributed by atoms with Crippen molar-refractivity contribution in [2.75, 3.05) is 16.9 Å². The average Bonchev–Trinajstić information content (AvgIpc) is 3.27. The number of sulfone groups is 1. The van der Waals surface area contributed by atoms with Crippen LogP contribution < -0.4 is 21.3 Å². The van der Waals surface area contributed by atoms with Crippen molar-refractivity contribution < 1.29 is 23.1 Å². The summed E-state index contributed by atoms with van der Waals surface area (Å²) in [7, 11) is -3.39. The first-order chi connectivity index (χ1) is 14.7. The Bertz CT molecular complexity index is 1150. The maximum atomic E-state index is 12.3. The number of benzene rings is 1. The number of fused-ring (bicyclic) bond motifs is 1. The molecule has 2 aromatic rings. The molecule has 1 aromatic carbocycles. The summed E-state index contributed by atoms with van der Waals surface area (Å²) >= 11 is 0. The van der Waals surface area contributed by atoms with Gasteiger partial charge in [-0.3, -0.25) is 4.79 Å². The Kier molecular flexibility index (Phi) is 5.44. The molecule has 31 heavy (non-hydrogen) atoms. The van der Waals surface area contributed by atoms with Gasteiger partial charge in [-0.15, -0.1) is 0 Å². The summed E-state index contributed by atoms with van der Waals surface area (Å²) in [5.41, 5.74) is 1.65. The fourth-order valence-electron chi connectivity index (χ4n) is 4.01. The van der Waals surface area contributed by atoms with Crippen LogP contribution in [0.3, 0.4) is 0 Å². The molecule has 1 saturated carbocycles. The van der Waals surface area contributed by atoms with E-state index in [4.69, 9.17) is 5.11 Å². The molecule has 2 unspecified atom stereocenters. The van der Waals surface area contributed by atoms with Crippen molar-refractivity contribution in [3.8, 4) is 0 Å². The number of rotatable bonds is 6. The minimum Gasteiger partial charge on any atom is -0.465 e. The van der Waals surface area contributed by atoms with E-state index in [2.05, 4.69) is 26.3 Å². The van der Waals surface area contributed by atoms with Crippen molar-refractivity contribution in [3.05, 3.63) is 41.5 Å². The van der Waals surface area contributed by atoms with Gasteiger partial charge in [-0.25, -0.2) is 18.2 Å². The molecule has 2 atom stereocenters. The lowest BCUT2D eigenvalue weighted by atomic mass is 10.1.